The van der Waals surface area contributed by atoms with Gasteiger partial charge in [-0.3, -0.25) is 15.0 Å². The van der Waals surface area contributed by atoms with Crippen molar-refractivity contribution >= 4 is 22.4 Å². The van der Waals surface area contributed by atoms with Gasteiger partial charge in [-0.05, 0) is 63.9 Å². The molecule has 0 spiro atoms. The molecule has 26 heavy (non-hydrogen) atoms. The summed E-state index contributed by atoms with van der Waals surface area (Å²) in [5, 5.41) is 3.59. The van der Waals surface area contributed by atoms with Gasteiger partial charge >= 0.3 is 0 Å². The number of amides is 1. The molecule has 1 aromatic heterocycles. The van der Waals surface area contributed by atoms with Crippen LogP contribution in [-0.2, 0) is 6.54 Å². The van der Waals surface area contributed by atoms with Crippen molar-refractivity contribution in [3.05, 3.63) is 40.4 Å². The number of carbonyl (C=O) groups excluding carboxylic acids is 1. The van der Waals surface area contributed by atoms with E-state index in [4.69, 9.17) is 4.74 Å². The van der Waals surface area contributed by atoms with Crippen LogP contribution in [0.1, 0.15) is 47.6 Å². The first-order chi connectivity index (χ1) is 12.5. The second kappa shape index (κ2) is 8.64. The second-order valence-electron chi connectivity index (χ2n) is 6.90. The molecule has 1 aliphatic heterocycles. The number of nitrogens with zero attached hydrogens (tertiary/aromatic N) is 2. The van der Waals surface area contributed by atoms with Crippen molar-refractivity contribution in [3.63, 3.8) is 0 Å². The van der Waals surface area contributed by atoms with Crippen LogP contribution in [0, 0.1) is 12.8 Å². The number of nitrogens with one attached hydrogen (secondary N) is 1. The summed E-state index contributed by atoms with van der Waals surface area (Å²) in [6.07, 6.45) is 2.52. The van der Waals surface area contributed by atoms with E-state index >= 15 is 0 Å². The van der Waals surface area contributed by atoms with Crippen molar-refractivity contribution in [3.8, 4) is 5.75 Å². The number of anilines is 1. The Morgan fingerprint density at radius 2 is 2.15 bits per heavy atom. The minimum atomic E-state index is -0.154. The van der Waals surface area contributed by atoms with Gasteiger partial charge in [-0.15, -0.1) is 11.3 Å². The van der Waals surface area contributed by atoms with E-state index in [1.807, 2.05) is 26.0 Å². The number of likely N-dealkylation sites (tertiary alicyclic amines) is 1. The molecule has 6 heteroatoms. The fraction of sp³-hybridized carbons (Fsp3) is 0.500. The zero-order valence-corrected chi connectivity index (χ0v) is 16.6. The average Bonchev–Trinajstić information content (AvgIpc) is 2.96. The number of carbonyl (C=O) groups is 1. The lowest BCUT2D eigenvalue weighted by molar-refractivity contribution is 0.102. The molecular weight excluding hydrogens is 346 g/mol. The molecule has 0 atom stereocenters. The zero-order valence-electron chi connectivity index (χ0n) is 15.7. The van der Waals surface area contributed by atoms with Crippen molar-refractivity contribution in [2.75, 3.05) is 25.0 Å². The fourth-order valence-electron chi connectivity index (χ4n) is 3.11. The minimum Gasteiger partial charge on any atom is -0.494 e. The predicted octanol–water partition coefficient (Wildman–Crippen LogP) is 4.33. The maximum Gasteiger partial charge on any atom is 0.257 e. The summed E-state index contributed by atoms with van der Waals surface area (Å²) in [6, 6.07) is 7.23. The normalized spacial score (nSPS) is 15.8. The molecule has 140 valence electrons. The van der Waals surface area contributed by atoms with Crippen molar-refractivity contribution in [1.29, 1.82) is 0 Å². The van der Waals surface area contributed by atoms with Crippen LogP contribution >= 0.6 is 11.3 Å². The van der Waals surface area contributed by atoms with Gasteiger partial charge in [0.15, 0.2) is 5.13 Å². The van der Waals surface area contributed by atoms with Crippen LogP contribution in [0.25, 0.3) is 0 Å². The van der Waals surface area contributed by atoms with Gasteiger partial charge in [-0.2, -0.15) is 0 Å². The third-order valence-electron chi connectivity index (χ3n) is 4.76. The molecule has 1 aromatic carbocycles. The summed E-state index contributed by atoms with van der Waals surface area (Å²) < 4.78 is 5.46. The van der Waals surface area contributed by atoms with E-state index in [1.165, 1.54) is 17.7 Å². The molecule has 0 unspecified atom stereocenters. The number of aryl methyl sites for hydroxylation is 1. The molecule has 1 saturated heterocycles. The number of hydrogen-bond donors (Lipinski definition) is 1. The average molecular weight is 374 g/mol. The second-order valence-corrected chi connectivity index (χ2v) is 7.98. The lowest BCUT2D eigenvalue weighted by Crippen LogP contribution is -2.32. The number of hydrogen-bond acceptors (Lipinski definition) is 5. The van der Waals surface area contributed by atoms with Gasteiger partial charge in [-0.25, -0.2) is 4.98 Å². The molecule has 5 nitrogen and oxygen atoms in total. The molecule has 1 amide bonds. The van der Waals surface area contributed by atoms with Crippen molar-refractivity contribution < 1.29 is 9.53 Å². The van der Waals surface area contributed by atoms with Crippen molar-refractivity contribution in [2.45, 2.75) is 40.2 Å². The topological polar surface area (TPSA) is 54.5 Å². The Bertz CT molecular complexity index is 751. The molecule has 3 rings (SSSR count). The van der Waals surface area contributed by atoms with E-state index < -0.39 is 0 Å². The first kappa shape index (κ1) is 18.9. The summed E-state index contributed by atoms with van der Waals surface area (Å²) in [6.45, 7) is 10.1. The van der Waals surface area contributed by atoms with E-state index in [2.05, 4.69) is 22.1 Å². The minimum absolute atomic E-state index is 0.154. The van der Waals surface area contributed by atoms with Gasteiger partial charge in [0.25, 0.3) is 5.91 Å². The SMILES string of the molecule is CCOc1cccc(C(=O)Nc2nc(C)c(CN3CCC(C)CC3)s2)c1. The largest absolute Gasteiger partial charge is 0.494 e. The third kappa shape index (κ3) is 4.83. The standard InChI is InChI=1S/C20H27N3O2S/c1-4-25-17-7-5-6-16(12-17)19(24)22-20-21-15(3)18(26-20)13-23-10-8-14(2)9-11-23/h5-7,12,14H,4,8-11,13H2,1-3H3,(H,21,22,24). The molecule has 2 aromatic rings. The van der Waals surface area contributed by atoms with Gasteiger partial charge < -0.3 is 4.74 Å². The number of ether oxygens (including phenoxy) is 1. The highest BCUT2D eigenvalue weighted by molar-refractivity contribution is 7.15. The number of rotatable bonds is 6. The van der Waals surface area contributed by atoms with Crippen LogP contribution in [-0.4, -0.2) is 35.5 Å². The predicted molar refractivity (Wildman–Crippen MR) is 106 cm³/mol. The van der Waals surface area contributed by atoms with Crippen molar-refractivity contribution in [2.24, 2.45) is 5.92 Å². The highest BCUT2D eigenvalue weighted by Gasteiger charge is 2.19. The van der Waals surface area contributed by atoms with Gasteiger partial charge in [0.1, 0.15) is 5.75 Å². The monoisotopic (exact) mass is 373 g/mol. The molecule has 0 bridgehead atoms. The highest BCUT2D eigenvalue weighted by Crippen LogP contribution is 2.27. The molecular formula is C20H27N3O2S. The number of aromatic nitrogens is 1. The van der Waals surface area contributed by atoms with Crippen LogP contribution in [0.3, 0.4) is 0 Å². The molecule has 1 aliphatic rings. The van der Waals surface area contributed by atoms with Gasteiger partial charge in [0.05, 0.1) is 12.3 Å². The third-order valence-corrected chi connectivity index (χ3v) is 5.82. The van der Waals surface area contributed by atoms with E-state index in [1.54, 1.807) is 23.5 Å². The molecule has 1 N–H and O–H groups in total. The Morgan fingerprint density at radius 1 is 1.38 bits per heavy atom. The molecule has 0 aliphatic carbocycles. The maximum absolute atomic E-state index is 12.5. The van der Waals surface area contributed by atoms with Gasteiger partial charge in [0.2, 0.25) is 0 Å². The summed E-state index contributed by atoms with van der Waals surface area (Å²) in [5.41, 5.74) is 1.59. The summed E-state index contributed by atoms with van der Waals surface area (Å²) in [4.78, 5) is 20.8. The Labute approximate surface area is 159 Å². The van der Waals surface area contributed by atoms with Gasteiger partial charge in [-0.1, -0.05) is 13.0 Å². The molecule has 2 heterocycles. The van der Waals surface area contributed by atoms with E-state index in [-0.39, 0.29) is 5.91 Å². The first-order valence-corrected chi connectivity index (χ1v) is 10.1. The number of piperidine rings is 1. The van der Waals surface area contributed by atoms with Gasteiger partial charge in [0, 0.05) is 17.0 Å². The van der Waals surface area contributed by atoms with Crippen LogP contribution in [0.2, 0.25) is 0 Å². The van der Waals surface area contributed by atoms with Crippen molar-refractivity contribution in [1.82, 2.24) is 9.88 Å². The quantitative estimate of drug-likeness (QED) is 0.819. The lowest BCUT2D eigenvalue weighted by Gasteiger charge is -2.29. The van der Waals surface area contributed by atoms with Crippen LogP contribution in [0.5, 0.6) is 5.75 Å². The summed E-state index contributed by atoms with van der Waals surface area (Å²) in [5.74, 6) is 1.38. The Kier molecular flexibility index (Phi) is 6.27. The smallest absolute Gasteiger partial charge is 0.257 e. The fourth-order valence-corrected chi connectivity index (χ4v) is 4.11. The van der Waals surface area contributed by atoms with Crippen LogP contribution in [0.15, 0.2) is 24.3 Å². The number of thiazole rings is 1. The molecule has 0 radical (unpaired) electrons. The zero-order chi connectivity index (χ0) is 18.5. The lowest BCUT2D eigenvalue weighted by atomic mass is 9.99. The van der Waals surface area contributed by atoms with Crippen LogP contribution < -0.4 is 10.1 Å². The van der Waals surface area contributed by atoms with Crippen LogP contribution in [0.4, 0.5) is 5.13 Å². The number of benzene rings is 1. The summed E-state index contributed by atoms with van der Waals surface area (Å²) >= 11 is 1.58. The summed E-state index contributed by atoms with van der Waals surface area (Å²) in [7, 11) is 0. The van der Waals surface area contributed by atoms with E-state index in [0.717, 1.165) is 31.2 Å². The maximum atomic E-state index is 12.5. The molecule has 0 saturated carbocycles. The Hall–Kier alpha value is -1.92. The highest BCUT2D eigenvalue weighted by atomic mass is 32.1. The Balaban J connectivity index is 1.63. The van der Waals surface area contributed by atoms with E-state index in [0.29, 0.717) is 23.1 Å². The van der Waals surface area contributed by atoms with E-state index in [9.17, 15) is 4.79 Å². The Morgan fingerprint density at radius 3 is 2.88 bits per heavy atom. The molecule has 1 fully saturated rings. The first-order valence-electron chi connectivity index (χ1n) is 9.28.